The summed E-state index contributed by atoms with van der Waals surface area (Å²) in [4.78, 5) is 10.8. The monoisotopic (exact) mass is 499 g/mol. The molecule has 0 saturated carbocycles. The zero-order chi connectivity index (χ0) is 19.6. The van der Waals surface area contributed by atoms with E-state index in [9.17, 15) is 0 Å². The Hall–Kier alpha value is -2.23. The van der Waals surface area contributed by atoms with Crippen LogP contribution < -0.4 is 25.0 Å². The van der Waals surface area contributed by atoms with Gasteiger partial charge < -0.3 is 25.0 Å². The van der Waals surface area contributed by atoms with Crippen molar-refractivity contribution in [1.82, 2.24) is 15.6 Å². The van der Waals surface area contributed by atoms with Crippen LogP contribution in [0, 0.1) is 0 Å². The van der Waals surface area contributed by atoms with Crippen molar-refractivity contribution in [2.75, 3.05) is 39.7 Å². The zero-order valence-corrected chi connectivity index (χ0v) is 19.4. The highest BCUT2D eigenvalue weighted by Gasteiger charge is 2.07. The molecule has 2 N–H and O–H groups in total. The first kappa shape index (κ1) is 23.8. The number of methoxy groups -OCH3 is 1. The first-order valence-electron chi connectivity index (χ1n) is 8.90. The van der Waals surface area contributed by atoms with E-state index in [0.717, 1.165) is 23.0 Å². The molecule has 154 valence electrons. The quantitative estimate of drug-likeness (QED) is 0.331. The lowest BCUT2D eigenvalue weighted by atomic mass is 10.3. The van der Waals surface area contributed by atoms with Crippen molar-refractivity contribution >= 4 is 35.8 Å². The maximum atomic E-state index is 5.91. The Kier molecular flexibility index (Phi) is 10.4. The zero-order valence-electron chi connectivity index (χ0n) is 17.1. The Morgan fingerprint density at radius 3 is 2.54 bits per heavy atom. The lowest BCUT2D eigenvalue weighted by Gasteiger charge is -2.18. The molecule has 0 aliphatic rings. The molecule has 0 aliphatic heterocycles. The highest BCUT2D eigenvalue weighted by atomic mass is 127. The molecule has 0 aliphatic carbocycles. The summed E-state index contributed by atoms with van der Waals surface area (Å²) in [5, 5.41) is 6.54. The Morgan fingerprint density at radius 1 is 1.14 bits per heavy atom. The van der Waals surface area contributed by atoms with Crippen LogP contribution in [0.2, 0.25) is 0 Å². The Bertz CT molecular complexity index is 755. The summed E-state index contributed by atoms with van der Waals surface area (Å²) in [6.07, 6.45) is -0.0362. The fourth-order valence-corrected chi connectivity index (χ4v) is 2.40. The number of halogens is 1. The number of aromatic nitrogens is 1. The highest BCUT2D eigenvalue weighted by molar-refractivity contribution is 14.0. The van der Waals surface area contributed by atoms with Crippen LogP contribution in [0.3, 0.4) is 0 Å². The molecule has 2 rings (SSSR count). The van der Waals surface area contributed by atoms with E-state index in [4.69, 9.17) is 9.47 Å². The minimum absolute atomic E-state index is 0. The molecule has 0 fully saturated rings. The number of pyridine rings is 1. The van der Waals surface area contributed by atoms with Gasteiger partial charge in [0, 0.05) is 27.2 Å². The SMILES string of the molecule is CN=C(NCc1cccc(N(C)C)n1)NCC(C)Oc1cccc(OC)c1.I. The van der Waals surface area contributed by atoms with Gasteiger partial charge in [-0.2, -0.15) is 0 Å². The number of benzene rings is 1. The van der Waals surface area contributed by atoms with Crippen LogP contribution in [0.15, 0.2) is 47.5 Å². The molecular weight excluding hydrogens is 469 g/mol. The molecule has 1 aromatic heterocycles. The molecule has 8 heteroatoms. The molecule has 2 aromatic rings. The van der Waals surface area contributed by atoms with Gasteiger partial charge in [-0.3, -0.25) is 4.99 Å². The van der Waals surface area contributed by atoms with Crippen molar-refractivity contribution in [3.63, 3.8) is 0 Å². The fourth-order valence-electron chi connectivity index (χ4n) is 2.40. The molecule has 1 atom stereocenters. The standard InChI is InChI=1S/C20H29N5O2.HI/c1-15(27-18-10-7-9-17(12-18)26-5)13-22-20(21-2)23-14-16-8-6-11-19(24-16)25(3)4;/h6-12,15H,13-14H2,1-5H3,(H2,21,22,23);1H. The van der Waals surface area contributed by atoms with Crippen LogP contribution in [-0.4, -0.2) is 51.8 Å². The van der Waals surface area contributed by atoms with Crippen molar-refractivity contribution in [1.29, 1.82) is 0 Å². The number of aliphatic imine (C=N–C) groups is 1. The maximum absolute atomic E-state index is 5.91. The number of nitrogens with zero attached hydrogens (tertiary/aromatic N) is 3. The first-order chi connectivity index (χ1) is 13.0. The van der Waals surface area contributed by atoms with Gasteiger partial charge in [-0.1, -0.05) is 12.1 Å². The second-order valence-corrected chi connectivity index (χ2v) is 6.30. The summed E-state index contributed by atoms with van der Waals surface area (Å²) in [7, 11) is 7.34. The number of hydrogen-bond acceptors (Lipinski definition) is 5. The van der Waals surface area contributed by atoms with Gasteiger partial charge in [-0.15, -0.1) is 24.0 Å². The van der Waals surface area contributed by atoms with Gasteiger partial charge in [-0.25, -0.2) is 4.98 Å². The molecule has 0 amide bonds. The lowest BCUT2D eigenvalue weighted by Crippen LogP contribution is -2.41. The summed E-state index contributed by atoms with van der Waals surface area (Å²) in [5.74, 6) is 3.18. The van der Waals surface area contributed by atoms with Gasteiger partial charge in [0.1, 0.15) is 23.4 Å². The minimum Gasteiger partial charge on any atom is -0.497 e. The Labute approximate surface area is 184 Å². The predicted octanol–water partition coefficient (Wildman–Crippen LogP) is 2.91. The van der Waals surface area contributed by atoms with Gasteiger partial charge in [0.15, 0.2) is 5.96 Å². The fraction of sp³-hybridized carbons (Fsp3) is 0.400. The van der Waals surface area contributed by atoms with E-state index < -0.39 is 0 Å². The van der Waals surface area contributed by atoms with Crippen LogP contribution in [-0.2, 0) is 6.54 Å². The van der Waals surface area contributed by atoms with E-state index in [1.165, 1.54) is 0 Å². The highest BCUT2D eigenvalue weighted by Crippen LogP contribution is 2.19. The van der Waals surface area contributed by atoms with E-state index in [1.54, 1.807) is 14.2 Å². The molecule has 0 bridgehead atoms. The van der Waals surface area contributed by atoms with Crippen LogP contribution in [0.5, 0.6) is 11.5 Å². The van der Waals surface area contributed by atoms with Crippen molar-refractivity contribution in [2.45, 2.75) is 19.6 Å². The van der Waals surface area contributed by atoms with Crippen molar-refractivity contribution in [3.05, 3.63) is 48.2 Å². The molecule has 1 heterocycles. The summed E-state index contributed by atoms with van der Waals surface area (Å²) in [6.45, 7) is 3.20. The van der Waals surface area contributed by atoms with Gasteiger partial charge >= 0.3 is 0 Å². The minimum atomic E-state index is -0.0362. The second kappa shape index (κ2) is 12.3. The van der Waals surface area contributed by atoms with Crippen molar-refractivity contribution in [2.24, 2.45) is 4.99 Å². The average molecular weight is 499 g/mol. The Morgan fingerprint density at radius 2 is 1.86 bits per heavy atom. The first-order valence-corrected chi connectivity index (χ1v) is 8.90. The Balaban J connectivity index is 0.00000392. The number of nitrogens with one attached hydrogen (secondary N) is 2. The largest absolute Gasteiger partial charge is 0.497 e. The van der Waals surface area contributed by atoms with Gasteiger partial charge in [-0.05, 0) is 31.2 Å². The van der Waals surface area contributed by atoms with Crippen LogP contribution in [0.1, 0.15) is 12.6 Å². The van der Waals surface area contributed by atoms with Crippen molar-refractivity contribution in [3.8, 4) is 11.5 Å². The molecule has 0 spiro atoms. The van der Waals surface area contributed by atoms with E-state index in [-0.39, 0.29) is 30.1 Å². The number of anilines is 1. The number of guanidine groups is 1. The van der Waals surface area contributed by atoms with Crippen LogP contribution in [0.25, 0.3) is 0 Å². The van der Waals surface area contributed by atoms with E-state index in [0.29, 0.717) is 19.0 Å². The molecule has 0 saturated heterocycles. The topological polar surface area (TPSA) is 71.0 Å². The molecule has 1 unspecified atom stereocenters. The summed E-state index contributed by atoms with van der Waals surface area (Å²) in [5.41, 5.74) is 0.949. The molecule has 0 radical (unpaired) electrons. The number of hydrogen-bond donors (Lipinski definition) is 2. The van der Waals surface area contributed by atoms with E-state index in [1.807, 2.05) is 68.4 Å². The van der Waals surface area contributed by atoms with Crippen LogP contribution in [0.4, 0.5) is 5.82 Å². The van der Waals surface area contributed by atoms with Gasteiger partial charge in [0.25, 0.3) is 0 Å². The summed E-state index contributed by atoms with van der Waals surface area (Å²) in [6, 6.07) is 13.5. The smallest absolute Gasteiger partial charge is 0.191 e. The number of rotatable bonds is 8. The van der Waals surface area contributed by atoms with Gasteiger partial charge in [0.2, 0.25) is 0 Å². The lowest BCUT2D eigenvalue weighted by molar-refractivity contribution is 0.223. The van der Waals surface area contributed by atoms with E-state index >= 15 is 0 Å². The summed E-state index contributed by atoms with van der Waals surface area (Å²) < 4.78 is 11.1. The maximum Gasteiger partial charge on any atom is 0.191 e. The third-order valence-corrected chi connectivity index (χ3v) is 3.85. The van der Waals surface area contributed by atoms with E-state index in [2.05, 4.69) is 20.6 Å². The predicted molar refractivity (Wildman–Crippen MR) is 125 cm³/mol. The molecule has 28 heavy (non-hydrogen) atoms. The van der Waals surface area contributed by atoms with Gasteiger partial charge in [0.05, 0.1) is 25.9 Å². The van der Waals surface area contributed by atoms with Crippen molar-refractivity contribution < 1.29 is 9.47 Å². The summed E-state index contributed by atoms with van der Waals surface area (Å²) >= 11 is 0. The molecule has 1 aromatic carbocycles. The van der Waals surface area contributed by atoms with Crippen LogP contribution >= 0.6 is 24.0 Å². The molecular formula is C20H30IN5O2. The molecule has 7 nitrogen and oxygen atoms in total. The third-order valence-electron chi connectivity index (χ3n) is 3.85. The normalized spacial score (nSPS) is 11.8. The third kappa shape index (κ3) is 7.79. The average Bonchev–Trinajstić information content (AvgIpc) is 2.68. The second-order valence-electron chi connectivity index (χ2n) is 6.30. The number of ether oxygens (including phenoxy) is 2.